The van der Waals surface area contributed by atoms with E-state index < -0.39 is 35.0 Å². The lowest BCUT2D eigenvalue weighted by Crippen LogP contribution is -2.39. The number of nitrogens with one attached hydrogen (secondary N) is 3. The van der Waals surface area contributed by atoms with Gasteiger partial charge in [-0.05, 0) is 42.5 Å². The molecule has 0 saturated heterocycles. The van der Waals surface area contributed by atoms with Crippen molar-refractivity contribution in [2.24, 2.45) is 5.10 Å². The predicted octanol–water partition coefficient (Wildman–Crippen LogP) is 2.66. The first-order chi connectivity index (χ1) is 18.8. The van der Waals surface area contributed by atoms with Gasteiger partial charge in [-0.3, -0.25) is 24.2 Å². The number of amides is 2. The summed E-state index contributed by atoms with van der Waals surface area (Å²) in [6.45, 7) is 0. The second kappa shape index (κ2) is 12.0. The minimum Gasteiger partial charge on any atom is -0.495 e. The number of hydrazone groups is 1. The molecule has 13 heteroatoms. The van der Waals surface area contributed by atoms with Gasteiger partial charge in [0.25, 0.3) is 17.4 Å². The van der Waals surface area contributed by atoms with Crippen LogP contribution in [0, 0.1) is 0 Å². The van der Waals surface area contributed by atoms with E-state index in [9.17, 15) is 19.2 Å². The number of fused-ring (bicyclic) bond motifs is 1. The van der Waals surface area contributed by atoms with E-state index in [1.807, 2.05) is 0 Å². The van der Waals surface area contributed by atoms with Crippen molar-refractivity contribution in [3.63, 3.8) is 0 Å². The molecule has 0 bridgehead atoms. The molecule has 198 valence electrons. The lowest BCUT2D eigenvalue weighted by atomic mass is 9.98. The van der Waals surface area contributed by atoms with Gasteiger partial charge in [-0.2, -0.15) is 5.10 Å². The number of ether oxygens (including phenoxy) is 2. The van der Waals surface area contributed by atoms with Gasteiger partial charge < -0.3 is 19.8 Å². The number of esters is 1. The molecule has 0 aliphatic carbocycles. The van der Waals surface area contributed by atoms with Crippen LogP contribution in [0.2, 0.25) is 5.02 Å². The Labute approximate surface area is 226 Å². The number of aromatic amines is 1. The molecule has 0 unspecified atom stereocenters. The maximum Gasteiger partial charge on any atom is 0.321 e. The Morgan fingerprint density at radius 1 is 1.05 bits per heavy atom. The van der Waals surface area contributed by atoms with Crippen molar-refractivity contribution in [3.8, 4) is 5.75 Å². The normalized spacial score (nSPS) is 11.9. The van der Waals surface area contributed by atoms with E-state index in [1.54, 1.807) is 30.3 Å². The van der Waals surface area contributed by atoms with Gasteiger partial charge in [-0.25, -0.2) is 10.4 Å². The highest BCUT2D eigenvalue weighted by molar-refractivity contribution is 6.48. The van der Waals surface area contributed by atoms with Crippen molar-refractivity contribution in [1.29, 1.82) is 0 Å². The molecule has 0 saturated carbocycles. The molecule has 2 aromatic heterocycles. The molecule has 2 amide bonds. The van der Waals surface area contributed by atoms with Crippen molar-refractivity contribution in [1.82, 2.24) is 20.4 Å². The Bertz CT molecular complexity index is 1640. The molecule has 0 spiro atoms. The number of benzene rings is 2. The molecule has 3 N–H and O–H groups in total. The van der Waals surface area contributed by atoms with Gasteiger partial charge in [0.1, 0.15) is 17.2 Å². The number of methoxy groups -OCH3 is 2. The zero-order chi connectivity index (χ0) is 27.9. The summed E-state index contributed by atoms with van der Waals surface area (Å²) < 4.78 is 10.2. The maximum atomic E-state index is 13.6. The van der Waals surface area contributed by atoms with Gasteiger partial charge in [0, 0.05) is 23.0 Å². The fourth-order valence-corrected chi connectivity index (χ4v) is 3.77. The molecule has 0 aliphatic heterocycles. The number of carbonyl (C=O) groups excluding carboxylic acids is 3. The Morgan fingerprint density at radius 2 is 1.79 bits per heavy atom. The Hall–Kier alpha value is -5.10. The molecule has 4 aromatic rings. The van der Waals surface area contributed by atoms with E-state index in [-0.39, 0.29) is 22.5 Å². The minimum absolute atomic E-state index is 0.186. The number of halogens is 1. The van der Waals surface area contributed by atoms with Crippen LogP contribution in [0.1, 0.15) is 22.0 Å². The number of aromatic nitrogens is 3. The number of rotatable bonds is 8. The summed E-state index contributed by atoms with van der Waals surface area (Å²) >= 11 is 6.01. The number of hydrogen-bond donors (Lipinski definition) is 3. The second-order valence-electron chi connectivity index (χ2n) is 7.90. The fraction of sp³-hybridized carbons (Fsp3) is 0.115. The zero-order valence-electron chi connectivity index (χ0n) is 20.6. The summed E-state index contributed by atoms with van der Waals surface area (Å²) in [6, 6.07) is 13.9. The summed E-state index contributed by atoms with van der Waals surface area (Å²) in [5.41, 5.74) is 1.53. The molecule has 0 radical (unpaired) electrons. The molecule has 0 fully saturated rings. The van der Waals surface area contributed by atoms with Crippen LogP contribution in [0.25, 0.3) is 11.0 Å². The lowest BCUT2D eigenvalue weighted by Gasteiger charge is -2.17. The van der Waals surface area contributed by atoms with Crippen LogP contribution in [0.5, 0.6) is 5.75 Å². The number of pyridine rings is 1. The van der Waals surface area contributed by atoms with Gasteiger partial charge in [0.2, 0.25) is 0 Å². The van der Waals surface area contributed by atoms with Crippen molar-refractivity contribution in [3.05, 3.63) is 93.6 Å². The quantitative estimate of drug-likeness (QED) is 0.172. The lowest BCUT2D eigenvalue weighted by molar-refractivity contribution is -0.141. The van der Waals surface area contributed by atoms with Gasteiger partial charge in [0.15, 0.2) is 5.92 Å². The smallest absolute Gasteiger partial charge is 0.321 e. The van der Waals surface area contributed by atoms with Gasteiger partial charge >= 0.3 is 5.97 Å². The highest BCUT2D eigenvalue weighted by Gasteiger charge is 2.36. The highest BCUT2D eigenvalue weighted by atomic mass is 35.5. The van der Waals surface area contributed by atoms with Crippen molar-refractivity contribution in [2.75, 3.05) is 19.5 Å². The number of nitrogens with zero attached hydrogens (tertiary/aromatic N) is 3. The maximum absolute atomic E-state index is 13.6. The Morgan fingerprint density at radius 3 is 2.51 bits per heavy atom. The van der Waals surface area contributed by atoms with Gasteiger partial charge in [-0.15, -0.1) is 0 Å². The minimum atomic E-state index is -1.73. The molecule has 12 nitrogen and oxygen atoms in total. The van der Waals surface area contributed by atoms with E-state index >= 15 is 0 Å². The van der Waals surface area contributed by atoms with E-state index in [4.69, 9.17) is 21.1 Å². The average Bonchev–Trinajstić information content (AvgIpc) is 2.95. The van der Waals surface area contributed by atoms with Crippen LogP contribution in [0.15, 0.2) is 76.9 Å². The summed E-state index contributed by atoms with van der Waals surface area (Å²) in [7, 11) is 2.49. The summed E-state index contributed by atoms with van der Waals surface area (Å²) in [5, 5.41) is 6.91. The highest BCUT2D eigenvalue weighted by Crippen LogP contribution is 2.25. The monoisotopic (exact) mass is 548 g/mol. The first-order valence-corrected chi connectivity index (χ1v) is 11.7. The molecular formula is C26H21ClN6O6. The number of H-pyrrole nitrogens is 1. The first-order valence-electron chi connectivity index (χ1n) is 11.3. The zero-order valence-corrected chi connectivity index (χ0v) is 21.4. The van der Waals surface area contributed by atoms with E-state index in [2.05, 4.69) is 30.8 Å². The van der Waals surface area contributed by atoms with Crippen LogP contribution in [0.4, 0.5) is 5.69 Å². The third kappa shape index (κ3) is 6.08. The van der Waals surface area contributed by atoms with Crippen LogP contribution in [-0.4, -0.2) is 52.7 Å². The van der Waals surface area contributed by atoms with Crippen LogP contribution < -0.4 is 21.0 Å². The summed E-state index contributed by atoms with van der Waals surface area (Å²) in [4.78, 5) is 63.1. The molecular weight excluding hydrogens is 528 g/mol. The summed E-state index contributed by atoms with van der Waals surface area (Å²) in [6.07, 6.45) is 2.80. The van der Waals surface area contributed by atoms with E-state index in [1.165, 1.54) is 43.8 Å². The predicted molar refractivity (Wildman–Crippen MR) is 143 cm³/mol. The molecule has 4 rings (SSSR count). The molecule has 39 heavy (non-hydrogen) atoms. The van der Waals surface area contributed by atoms with Crippen molar-refractivity contribution in [2.45, 2.75) is 5.92 Å². The second-order valence-corrected chi connectivity index (χ2v) is 8.33. The molecule has 2 heterocycles. The van der Waals surface area contributed by atoms with Crippen LogP contribution in [0.3, 0.4) is 0 Å². The third-order valence-electron chi connectivity index (χ3n) is 5.47. The Balaban J connectivity index is 1.84. The van der Waals surface area contributed by atoms with Gasteiger partial charge in [-0.1, -0.05) is 23.7 Å². The molecule has 2 aromatic carbocycles. The number of hydrogen-bond acceptors (Lipinski definition) is 9. The molecule has 0 aliphatic rings. The largest absolute Gasteiger partial charge is 0.495 e. The van der Waals surface area contributed by atoms with Crippen LogP contribution >= 0.6 is 11.6 Å². The SMILES string of the molecule is COC(=O)[C@@H](/C(=N/NC(=O)c1ccncc1)C(=O)Nc1ccccc1OC)c1nc2ccc(Cl)cc2[nH]c1=O. The van der Waals surface area contributed by atoms with E-state index in [0.29, 0.717) is 16.3 Å². The van der Waals surface area contributed by atoms with Crippen LogP contribution in [-0.2, 0) is 14.3 Å². The topological polar surface area (TPSA) is 165 Å². The standard InChI is InChI=1S/C26H21ClN6O6/c1-38-19-6-4-3-5-17(19)30-25(36)22(32-33-23(34)14-9-11-28-12-10-14)20(26(37)39-2)21-24(35)31-18-13-15(27)7-8-16(18)29-21/h3-13,20H,1-2H3,(H,30,36)(H,31,35)(H,33,34)/b32-22-/t20-/m1/s1. The summed E-state index contributed by atoms with van der Waals surface area (Å²) in [5.74, 6) is -4.06. The molecule has 1 atom stereocenters. The van der Waals surface area contributed by atoms with Crippen molar-refractivity contribution >= 4 is 51.8 Å². The number of para-hydroxylation sites is 2. The third-order valence-corrected chi connectivity index (χ3v) is 5.71. The number of carbonyl (C=O) groups is 3. The van der Waals surface area contributed by atoms with Crippen molar-refractivity contribution < 1.29 is 23.9 Å². The fourth-order valence-electron chi connectivity index (χ4n) is 3.60. The Kier molecular flexibility index (Phi) is 8.27. The first kappa shape index (κ1) is 26.9. The number of anilines is 1. The average molecular weight is 549 g/mol. The van der Waals surface area contributed by atoms with Gasteiger partial charge in [0.05, 0.1) is 30.9 Å². The van der Waals surface area contributed by atoms with E-state index in [0.717, 1.165) is 7.11 Å².